The molecule has 2 aromatic carbocycles. The molecule has 128 valence electrons. The summed E-state index contributed by atoms with van der Waals surface area (Å²) in [6.45, 7) is 2.17. The number of carboxylic acids is 1. The van der Waals surface area contributed by atoms with Crippen molar-refractivity contribution in [2.45, 2.75) is 13.3 Å². The Kier molecular flexibility index (Phi) is 3.53. The van der Waals surface area contributed by atoms with Gasteiger partial charge in [-0.25, -0.2) is 0 Å². The molecule has 3 aromatic rings. The van der Waals surface area contributed by atoms with Gasteiger partial charge in [0, 0.05) is 16.5 Å². The third-order valence-corrected chi connectivity index (χ3v) is 4.41. The normalized spacial score (nSPS) is 12.6. The van der Waals surface area contributed by atoms with Crippen LogP contribution in [0.4, 0.5) is 0 Å². The van der Waals surface area contributed by atoms with Crippen molar-refractivity contribution in [1.29, 1.82) is 0 Å². The number of hydrogen-bond donors (Lipinski definition) is 2. The van der Waals surface area contributed by atoms with Crippen LogP contribution in [0.2, 0.25) is 0 Å². The number of nitrogens with one attached hydrogen (secondary N) is 1. The van der Waals surface area contributed by atoms with Gasteiger partial charge in [0.05, 0.1) is 19.2 Å². The van der Waals surface area contributed by atoms with Crippen molar-refractivity contribution in [3.8, 4) is 28.5 Å². The van der Waals surface area contributed by atoms with Crippen LogP contribution in [0.5, 0.6) is 17.2 Å². The van der Waals surface area contributed by atoms with Crippen molar-refractivity contribution in [3.63, 3.8) is 0 Å². The van der Waals surface area contributed by atoms with Gasteiger partial charge in [0.15, 0.2) is 11.5 Å². The molecule has 25 heavy (non-hydrogen) atoms. The predicted molar refractivity (Wildman–Crippen MR) is 92.5 cm³/mol. The number of carboxylic acid groups (broad SMARTS) is 1. The summed E-state index contributed by atoms with van der Waals surface area (Å²) in [4.78, 5) is 14.8. The third kappa shape index (κ3) is 2.55. The molecule has 0 unspecified atom stereocenters. The maximum Gasteiger partial charge on any atom is 0.307 e. The Morgan fingerprint density at radius 2 is 2.04 bits per heavy atom. The second-order valence-corrected chi connectivity index (χ2v) is 5.98. The van der Waals surface area contributed by atoms with Gasteiger partial charge < -0.3 is 24.3 Å². The number of carbonyl (C=O) groups is 1. The highest BCUT2D eigenvalue weighted by molar-refractivity contribution is 5.96. The van der Waals surface area contributed by atoms with E-state index >= 15 is 0 Å². The van der Waals surface area contributed by atoms with E-state index in [2.05, 4.69) is 4.98 Å². The molecule has 0 saturated carbocycles. The molecule has 2 heterocycles. The monoisotopic (exact) mass is 339 g/mol. The Hall–Kier alpha value is -3.15. The van der Waals surface area contributed by atoms with Crippen LogP contribution in [-0.2, 0) is 11.2 Å². The van der Waals surface area contributed by atoms with Crippen molar-refractivity contribution in [3.05, 3.63) is 41.5 Å². The third-order valence-electron chi connectivity index (χ3n) is 4.41. The molecule has 0 fully saturated rings. The largest absolute Gasteiger partial charge is 0.497 e. The van der Waals surface area contributed by atoms with E-state index in [0.29, 0.717) is 17.2 Å². The molecule has 0 bridgehead atoms. The van der Waals surface area contributed by atoms with Gasteiger partial charge in [-0.15, -0.1) is 0 Å². The molecule has 0 atom stereocenters. The fourth-order valence-corrected chi connectivity index (χ4v) is 3.24. The first-order valence-electron chi connectivity index (χ1n) is 7.88. The number of benzene rings is 2. The molecular weight excluding hydrogens is 322 g/mol. The molecule has 0 radical (unpaired) electrons. The van der Waals surface area contributed by atoms with Crippen LogP contribution in [-0.4, -0.2) is 30.0 Å². The summed E-state index contributed by atoms with van der Waals surface area (Å²) in [5.41, 5.74) is 4.25. The van der Waals surface area contributed by atoms with E-state index in [9.17, 15) is 9.90 Å². The molecule has 0 aliphatic carbocycles. The van der Waals surface area contributed by atoms with Crippen LogP contribution in [0.1, 0.15) is 11.1 Å². The number of rotatable bonds is 4. The molecule has 6 nitrogen and oxygen atoms in total. The minimum atomic E-state index is -0.886. The first-order chi connectivity index (χ1) is 12.1. The lowest BCUT2D eigenvalue weighted by atomic mass is 10.0. The van der Waals surface area contributed by atoms with Crippen LogP contribution >= 0.6 is 0 Å². The van der Waals surface area contributed by atoms with Gasteiger partial charge in [-0.3, -0.25) is 4.79 Å². The Bertz CT molecular complexity index is 989. The SMILES string of the molecule is COc1cc(C)c2[nH]c(-c3ccc4c(c3)OCO4)c(CC(=O)O)c2c1. The van der Waals surface area contributed by atoms with Crippen LogP contribution in [0.3, 0.4) is 0 Å². The highest BCUT2D eigenvalue weighted by Crippen LogP contribution is 2.39. The fraction of sp³-hybridized carbons (Fsp3) is 0.211. The molecule has 1 aliphatic rings. The van der Waals surface area contributed by atoms with Gasteiger partial charge in [-0.05, 0) is 48.4 Å². The van der Waals surface area contributed by atoms with Crippen molar-refractivity contribution < 1.29 is 24.1 Å². The number of aromatic amines is 1. The zero-order chi connectivity index (χ0) is 17.6. The highest BCUT2D eigenvalue weighted by Gasteiger charge is 2.20. The van der Waals surface area contributed by atoms with Crippen molar-refractivity contribution in [2.24, 2.45) is 0 Å². The van der Waals surface area contributed by atoms with Crippen molar-refractivity contribution in [1.82, 2.24) is 4.98 Å². The smallest absolute Gasteiger partial charge is 0.307 e. The van der Waals surface area contributed by atoms with Crippen molar-refractivity contribution >= 4 is 16.9 Å². The van der Waals surface area contributed by atoms with Gasteiger partial charge >= 0.3 is 5.97 Å². The molecule has 0 spiro atoms. The first-order valence-corrected chi connectivity index (χ1v) is 7.88. The average molecular weight is 339 g/mol. The molecule has 0 amide bonds. The van der Waals surface area contributed by atoms with Crippen LogP contribution < -0.4 is 14.2 Å². The lowest BCUT2D eigenvalue weighted by molar-refractivity contribution is -0.136. The predicted octanol–water partition coefficient (Wildman–Crippen LogP) is 3.51. The zero-order valence-corrected chi connectivity index (χ0v) is 13.9. The van der Waals surface area contributed by atoms with E-state index < -0.39 is 5.97 Å². The van der Waals surface area contributed by atoms with E-state index in [1.807, 2.05) is 37.3 Å². The Labute approximate surface area is 143 Å². The van der Waals surface area contributed by atoms with E-state index in [1.165, 1.54) is 0 Å². The van der Waals surface area contributed by atoms with E-state index in [1.54, 1.807) is 7.11 Å². The summed E-state index contributed by atoms with van der Waals surface area (Å²) in [7, 11) is 1.60. The number of aromatic nitrogens is 1. The number of aryl methyl sites for hydroxylation is 1. The number of H-pyrrole nitrogens is 1. The number of hydrogen-bond acceptors (Lipinski definition) is 4. The van der Waals surface area contributed by atoms with Crippen LogP contribution in [0, 0.1) is 6.92 Å². The average Bonchev–Trinajstić information content (AvgIpc) is 3.19. The van der Waals surface area contributed by atoms with Gasteiger partial charge in [-0.1, -0.05) is 0 Å². The molecule has 0 saturated heterocycles. The Balaban J connectivity index is 1.96. The number of aliphatic carboxylic acids is 1. The number of fused-ring (bicyclic) bond motifs is 2. The van der Waals surface area contributed by atoms with Gasteiger partial charge in [-0.2, -0.15) is 0 Å². The summed E-state index contributed by atoms with van der Waals surface area (Å²) in [5.74, 6) is 1.17. The summed E-state index contributed by atoms with van der Waals surface area (Å²) in [5, 5.41) is 10.2. The lowest BCUT2D eigenvalue weighted by Crippen LogP contribution is -2.01. The minimum Gasteiger partial charge on any atom is -0.497 e. The summed E-state index contributed by atoms with van der Waals surface area (Å²) in [6.07, 6.45) is -0.0869. The summed E-state index contributed by atoms with van der Waals surface area (Å²) in [6, 6.07) is 9.39. The van der Waals surface area contributed by atoms with Crippen LogP contribution in [0.15, 0.2) is 30.3 Å². The standard InChI is InChI=1S/C19H17NO5/c1-10-5-12(23-2)7-13-14(8-17(21)22)19(20-18(10)13)11-3-4-15-16(6-11)25-9-24-15/h3-7,20H,8-9H2,1-2H3,(H,21,22). The minimum absolute atomic E-state index is 0.0869. The summed E-state index contributed by atoms with van der Waals surface area (Å²) >= 11 is 0. The second kappa shape index (κ2) is 5.73. The fourth-order valence-electron chi connectivity index (χ4n) is 3.24. The number of methoxy groups -OCH3 is 1. The molecule has 2 N–H and O–H groups in total. The Morgan fingerprint density at radius 1 is 1.24 bits per heavy atom. The summed E-state index contributed by atoms with van der Waals surface area (Å²) < 4.78 is 16.1. The van der Waals surface area contributed by atoms with Crippen LogP contribution in [0.25, 0.3) is 22.2 Å². The molecule has 4 rings (SSSR count). The van der Waals surface area contributed by atoms with Crippen molar-refractivity contribution in [2.75, 3.05) is 13.9 Å². The second-order valence-electron chi connectivity index (χ2n) is 5.98. The van der Waals surface area contributed by atoms with E-state index in [0.717, 1.165) is 33.3 Å². The quantitative estimate of drug-likeness (QED) is 0.760. The zero-order valence-electron chi connectivity index (χ0n) is 13.9. The van der Waals surface area contributed by atoms with Gasteiger partial charge in [0.2, 0.25) is 6.79 Å². The highest BCUT2D eigenvalue weighted by atomic mass is 16.7. The van der Waals surface area contributed by atoms with Gasteiger partial charge in [0.1, 0.15) is 5.75 Å². The molecule has 1 aliphatic heterocycles. The first kappa shape index (κ1) is 15.4. The topological polar surface area (TPSA) is 80.8 Å². The molecule has 6 heteroatoms. The van der Waals surface area contributed by atoms with E-state index in [-0.39, 0.29) is 13.2 Å². The lowest BCUT2D eigenvalue weighted by Gasteiger charge is -2.05. The maximum absolute atomic E-state index is 11.4. The maximum atomic E-state index is 11.4. The Morgan fingerprint density at radius 3 is 2.80 bits per heavy atom. The van der Waals surface area contributed by atoms with Gasteiger partial charge in [0.25, 0.3) is 0 Å². The van der Waals surface area contributed by atoms with E-state index in [4.69, 9.17) is 14.2 Å². The number of ether oxygens (including phenoxy) is 3. The molecule has 1 aromatic heterocycles. The molecular formula is C19H17NO5.